The minimum absolute atomic E-state index is 0.00589. The molecule has 0 aliphatic rings. The first-order valence-corrected chi connectivity index (χ1v) is 9.97. The van der Waals surface area contributed by atoms with Gasteiger partial charge >= 0.3 is 0 Å². The summed E-state index contributed by atoms with van der Waals surface area (Å²) in [6, 6.07) is 14.5. The summed E-state index contributed by atoms with van der Waals surface area (Å²) in [5.74, 6) is 0. The summed E-state index contributed by atoms with van der Waals surface area (Å²) in [4.78, 5) is 10.2. The second-order valence-corrected chi connectivity index (χ2v) is 8.45. The standard InChI is InChI=1S/C19H20N4O4S/c1-14-19(15(2)22(20-14)16-7-5-4-6-8-16)13-21(3)28(26,27)18-11-9-17(10-12-18)23(24)25/h4-12H,13H2,1-3H3. The smallest absolute Gasteiger partial charge is 0.258 e. The van der Waals surface area contributed by atoms with Crippen molar-refractivity contribution in [3.8, 4) is 5.69 Å². The predicted octanol–water partition coefficient (Wildman–Crippen LogP) is 3.22. The Balaban J connectivity index is 1.89. The maximum absolute atomic E-state index is 12.8. The lowest BCUT2D eigenvalue weighted by atomic mass is 10.2. The topological polar surface area (TPSA) is 98.3 Å². The number of rotatable bonds is 6. The fraction of sp³-hybridized carbons (Fsp3) is 0.211. The lowest BCUT2D eigenvalue weighted by molar-refractivity contribution is -0.384. The van der Waals surface area contributed by atoms with Crippen molar-refractivity contribution in [1.29, 1.82) is 0 Å². The molecule has 0 spiro atoms. The molecule has 2 aromatic carbocycles. The normalized spacial score (nSPS) is 11.7. The monoisotopic (exact) mass is 400 g/mol. The average Bonchev–Trinajstić information content (AvgIpc) is 2.97. The molecule has 0 unspecified atom stereocenters. The SMILES string of the molecule is Cc1nn(-c2ccccc2)c(C)c1CN(C)S(=O)(=O)c1ccc([N+](=O)[O-])cc1. The van der Waals surface area contributed by atoms with Gasteiger partial charge in [-0.25, -0.2) is 13.1 Å². The van der Waals surface area contributed by atoms with Gasteiger partial charge in [-0.1, -0.05) is 18.2 Å². The summed E-state index contributed by atoms with van der Waals surface area (Å²) in [6.45, 7) is 3.88. The van der Waals surface area contributed by atoms with Crippen LogP contribution in [0.4, 0.5) is 5.69 Å². The van der Waals surface area contributed by atoms with Crippen molar-refractivity contribution in [1.82, 2.24) is 14.1 Å². The van der Waals surface area contributed by atoms with E-state index in [1.165, 1.54) is 35.6 Å². The Bertz CT molecular complexity index is 1110. The fourth-order valence-electron chi connectivity index (χ4n) is 2.95. The number of para-hydroxylation sites is 1. The highest BCUT2D eigenvalue weighted by atomic mass is 32.2. The largest absolute Gasteiger partial charge is 0.269 e. The summed E-state index contributed by atoms with van der Waals surface area (Å²) in [5, 5.41) is 15.3. The second-order valence-electron chi connectivity index (χ2n) is 6.41. The van der Waals surface area contributed by atoms with Crippen LogP contribution in [0.3, 0.4) is 0 Å². The van der Waals surface area contributed by atoms with E-state index in [1.54, 1.807) is 4.68 Å². The molecule has 0 aliphatic carbocycles. The molecule has 0 amide bonds. The van der Waals surface area contributed by atoms with Crippen LogP contribution in [0.5, 0.6) is 0 Å². The van der Waals surface area contributed by atoms with Crippen LogP contribution in [0.1, 0.15) is 17.0 Å². The van der Waals surface area contributed by atoms with Gasteiger partial charge in [0.15, 0.2) is 0 Å². The number of aromatic nitrogens is 2. The first-order chi connectivity index (χ1) is 13.2. The van der Waals surface area contributed by atoms with E-state index in [9.17, 15) is 18.5 Å². The molecule has 0 radical (unpaired) electrons. The van der Waals surface area contributed by atoms with E-state index < -0.39 is 14.9 Å². The molecule has 1 aromatic heterocycles. The third kappa shape index (κ3) is 3.67. The quantitative estimate of drug-likeness (QED) is 0.467. The number of non-ortho nitro benzene ring substituents is 1. The van der Waals surface area contributed by atoms with Gasteiger partial charge < -0.3 is 0 Å². The van der Waals surface area contributed by atoms with Crippen molar-refractivity contribution in [3.05, 3.63) is 81.7 Å². The highest BCUT2D eigenvalue weighted by Crippen LogP contribution is 2.23. The van der Waals surface area contributed by atoms with Crippen LogP contribution in [0.2, 0.25) is 0 Å². The maximum Gasteiger partial charge on any atom is 0.269 e. The van der Waals surface area contributed by atoms with Crippen LogP contribution >= 0.6 is 0 Å². The molecule has 0 aliphatic heterocycles. The van der Waals surface area contributed by atoms with Gasteiger partial charge in [0.1, 0.15) is 0 Å². The first-order valence-electron chi connectivity index (χ1n) is 8.53. The lowest BCUT2D eigenvalue weighted by Gasteiger charge is -2.17. The second kappa shape index (κ2) is 7.53. The number of nitro groups is 1. The summed E-state index contributed by atoms with van der Waals surface area (Å²) in [7, 11) is -2.31. The Labute approximate surface area is 163 Å². The summed E-state index contributed by atoms with van der Waals surface area (Å²) < 4.78 is 28.7. The lowest BCUT2D eigenvalue weighted by Crippen LogP contribution is -2.27. The van der Waals surface area contributed by atoms with Crippen LogP contribution in [0.15, 0.2) is 59.5 Å². The predicted molar refractivity (Wildman–Crippen MR) is 105 cm³/mol. The Morgan fingerprint density at radius 2 is 1.68 bits per heavy atom. The van der Waals surface area contributed by atoms with Gasteiger partial charge in [-0.3, -0.25) is 10.1 Å². The van der Waals surface area contributed by atoms with Gasteiger partial charge in [0.25, 0.3) is 5.69 Å². The molecule has 0 fully saturated rings. The van der Waals surface area contributed by atoms with Crippen molar-refractivity contribution in [2.24, 2.45) is 0 Å². The number of hydrogen-bond acceptors (Lipinski definition) is 5. The molecule has 0 atom stereocenters. The van der Waals surface area contributed by atoms with E-state index in [0.29, 0.717) is 0 Å². The summed E-state index contributed by atoms with van der Waals surface area (Å²) in [5.41, 5.74) is 3.16. The van der Waals surface area contributed by atoms with Gasteiger partial charge in [0.05, 0.1) is 21.2 Å². The van der Waals surface area contributed by atoms with Crippen LogP contribution in [-0.2, 0) is 16.6 Å². The van der Waals surface area contributed by atoms with Gasteiger partial charge in [-0.15, -0.1) is 0 Å². The van der Waals surface area contributed by atoms with Crippen molar-refractivity contribution in [2.75, 3.05) is 7.05 Å². The molecular weight excluding hydrogens is 380 g/mol. The zero-order valence-electron chi connectivity index (χ0n) is 15.7. The molecule has 0 saturated carbocycles. The molecule has 0 N–H and O–H groups in total. The molecule has 3 rings (SSSR count). The van der Waals surface area contributed by atoms with Crippen LogP contribution < -0.4 is 0 Å². The third-order valence-corrected chi connectivity index (χ3v) is 6.40. The Kier molecular flexibility index (Phi) is 5.30. The summed E-state index contributed by atoms with van der Waals surface area (Å²) >= 11 is 0. The van der Waals surface area contributed by atoms with Gasteiger partial charge in [-0.2, -0.15) is 9.40 Å². The average molecular weight is 400 g/mol. The highest BCUT2D eigenvalue weighted by Gasteiger charge is 2.24. The van der Waals surface area contributed by atoms with E-state index in [-0.39, 0.29) is 17.1 Å². The molecule has 3 aromatic rings. The first kappa shape index (κ1) is 19.7. The molecule has 0 saturated heterocycles. The Hall–Kier alpha value is -3.04. The number of benzene rings is 2. The molecule has 9 heteroatoms. The molecule has 8 nitrogen and oxygen atoms in total. The fourth-order valence-corrected chi connectivity index (χ4v) is 4.09. The number of sulfonamides is 1. The van der Waals surface area contributed by atoms with Gasteiger partial charge in [0, 0.05) is 37.0 Å². The van der Waals surface area contributed by atoms with Crippen LogP contribution in [-0.4, -0.2) is 34.5 Å². The molecule has 146 valence electrons. The van der Waals surface area contributed by atoms with Crippen LogP contribution in [0, 0.1) is 24.0 Å². The number of nitro benzene ring substituents is 1. The van der Waals surface area contributed by atoms with E-state index in [0.717, 1.165) is 22.6 Å². The van der Waals surface area contributed by atoms with Crippen LogP contribution in [0.25, 0.3) is 5.69 Å². The maximum atomic E-state index is 12.8. The summed E-state index contributed by atoms with van der Waals surface area (Å²) in [6.07, 6.45) is 0. The zero-order valence-corrected chi connectivity index (χ0v) is 16.5. The van der Waals surface area contributed by atoms with Gasteiger partial charge in [-0.05, 0) is 38.1 Å². The van der Waals surface area contributed by atoms with E-state index in [4.69, 9.17) is 0 Å². The molecule has 0 bridgehead atoms. The van der Waals surface area contributed by atoms with E-state index >= 15 is 0 Å². The number of hydrogen-bond donors (Lipinski definition) is 0. The van der Waals surface area contributed by atoms with E-state index in [2.05, 4.69) is 5.10 Å². The number of aryl methyl sites for hydroxylation is 1. The minimum Gasteiger partial charge on any atom is -0.258 e. The third-order valence-electron chi connectivity index (χ3n) is 4.58. The minimum atomic E-state index is -3.79. The molecule has 1 heterocycles. The Morgan fingerprint density at radius 1 is 1.07 bits per heavy atom. The molecule has 28 heavy (non-hydrogen) atoms. The molecular formula is C19H20N4O4S. The van der Waals surface area contributed by atoms with Crippen molar-refractivity contribution >= 4 is 15.7 Å². The highest BCUT2D eigenvalue weighted by molar-refractivity contribution is 7.89. The van der Waals surface area contributed by atoms with Gasteiger partial charge in [0.2, 0.25) is 10.0 Å². The van der Waals surface area contributed by atoms with Crippen molar-refractivity contribution in [2.45, 2.75) is 25.3 Å². The zero-order chi connectivity index (χ0) is 20.5. The van der Waals surface area contributed by atoms with Crippen molar-refractivity contribution in [3.63, 3.8) is 0 Å². The Morgan fingerprint density at radius 3 is 2.25 bits per heavy atom. The van der Waals surface area contributed by atoms with E-state index in [1.807, 2.05) is 44.2 Å². The van der Waals surface area contributed by atoms with Crippen molar-refractivity contribution < 1.29 is 13.3 Å². The number of nitrogens with zero attached hydrogens (tertiary/aromatic N) is 4.